The predicted octanol–water partition coefficient (Wildman–Crippen LogP) is 3.86. The van der Waals surface area contributed by atoms with Gasteiger partial charge >= 0.3 is 0 Å². The topological polar surface area (TPSA) is 106 Å². The number of carbonyl (C=O) groups is 3. The van der Waals surface area contributed by atoms with Crippen LogP contribution in [0.15, 0.2) is 66.7 Å². The van der Waals surface area contributed by atoms with Gasteiger partial charge < -0.3 is 25.4 Å². The lowest BCUT2D eigenvalue weighted by molar-refractivity contribution is -0.120. The van der Waals surface area contributed by atoms with Crippen LogP contribution in [-0.4, -0.2) is 24.5 Å². The molecule has 0 fully saturated rings. The van der Waals surface area contributed by atoms with Crippen LogP contribution in [0.3, 0.4) is 0 Å². The molecule has 1 unspecified atom stereocenters. The minimum atomic E-state index is -0.486. The zero-order valence-electron chi connectivity index (χ0n) is 19.6. The summed E-state index contributed by atoms with van der Waals surface area (Å²) in [4.78, 5) is 37.5. The van der Waals surface area contributed by atoms with Gasteiger partial charge in [0.1, 0.15) is 0 Å². The molecule has 3 aromatic carbocycles. The van der Waals surface area contributed by atoms with Gasteiger partial charge in [-0.25, -0.2) is 0 Å². The molecule has 1 heterocycles. The first kappa shape index (κ1) is 23.8. The van der Waals surface area contributed by atoms with E-state index >= 15 is 0 Å². The van der Waals surface area contributed by atoms with Crippen molar-refractivity contribution >= 4 is 23.4 Å². The number of fused-ring (bicyclic) bond motifs is 1. The van der Waals surface area contributed by atoms with Crippen LogP contribution in [-0.2, 0) is 16.1 Å². The van der Waals surface area contributed by atoms with Crippen molar-refractivity contribution in [2.24, 2.45) is 0 Å². The van der Waals surface area contributed by atoms with Crippen molar-refractivity contribution in [1.82, 2.24) is 10.6 Å². The number of anilines is 1. The quantitative estimate of drug-likeness (QED) is 0.461. The van der Waals surface area contributed by atoms with E-state index in [-0.39, 0.29) is 37.5 Å². The molecule has 0 aromatic heterocycles. The second-order valence-electron chi connectivity index (χ2n) is 8.33. The Labute approximate surface area is 203 Å². The molecule has 0 bridgehead atoms. The third-order valence-electron chi connectivity index (χ3n) is 5.58. The van der Waals surface area contributed by atoms with Crippen LogP contribution in [0.1, 0.15) is 46.4 Å². The third kappa shape index (κ3) is 6.17. The van der Waals surface area contributed by atoms with Crippen molar-refractivity contribution in [3.63, 3.8) is 0 Å². The second-order valence-corrected chi connectivity index (χ2v) is 8.33. The van der Waals surface area contributed by atoms with E-state index in [1.165, 1.54) is 6.92 Å². The summed E-state index contributed by atoms with van der Waals surface area (Å²) >= 11 is 0. The molecule has 1 aliphatic rings. The highest BCUT2D eigenvalue weighted by molar-refractivity contribution is 6.03. The molecule has 0 saturated heterocycles. The molecular weight excluding hydrogens is 446 g/mol. The molecule has 0 aliphatic carbocycles. The molecule has 3 N–H and O–H groups in total. The second kappa shape index (κ2) is 10.7. The van der Waals surface area contributed by atoms with E-state index in [1.54, 1.807) is 30.3 Å². The van der Waals surface area contributed by atoms with Gasteiger partial charge in [-0.2, -0.15) is 0 Å². The summed E-state index contributed by atoms with van der Waals surface area (Å²) in [6.07, 6.45) is 0.0236. The molecule has 0 spiro atoms. The Hall–Kier alpha value is -4.33. The Morgan fingerprint density at radius 3 is 2.46 bits per heavy atom. The normalized spacial score (nSPS) is 12.5. The first-order valence-corrected chi connectivity index (χ1v) is 11.3. The standard InChI is InChI=1S/C27H27N3O5/c1-17-7-10-20(11-8-17)23(29-18(2)31)14-26(32)30-22-6-4-3-5-21(22)27(33)28-15-19-9-12-24-25(13-19)35-16-34-24/h3-13,23H,14-16H2,1-2H3,(H,28,33)(H,29,31)(H,30,32). The highest BCUT2D eigenvalue weighted by Crippen LogP contribution is 2.32. The highest BCUT2D eigenvalue weighted by Gasteiger charge is 2.20. The zero-order chi connectivity index (χ0) is 24.8. The first-order valence-electron chi connectivity index (χ1n) is 11.3. The monoisotopic (exact) mass is 473 g/mol. The third-order valence-corrected chi connectivity index (χ3v) is 5.58. The molecule has 1 aliphatic heterocycles. The number of rotatable bonds is 8. The Morgan fingerprint density at radius 1 is 0.943 bits per heavy atom. The fourth-order valence-corrected chi connectivity index (χ4v) is 3.80. The lowest BCUT2D eigenvalue weighted by Crippen LogP contribution is -2.30. The number of para-hydroxylation sites is 1. The summed E-state index contributed by atoms with van der Waals surface area (Å²) in [6, 6.07) is 19.4. The van der Waals surface area contributed by atoms with E-state index in [0.717, 1.165) is 16.7 Å². The van der Waals surface area contributed by atoms with E-state index in [2.05, 4.69) is 16.0 Å². The minimum Gasteiger partial charge on any atom is -0.454 e. The summed E-state index contributed by atoms with van der Waals surface area (Å²) in [5, 5.41) is 8.52. The maximum absolute atomic E-state index is 12.9. The summed E-state index contributed by atoms with van der Waals surface area (Å²) in [5.41, 5.74) is 3.51. The Morgan fingerprint density at radius 2 is 1.69 bits per heavy atom. The molecule has 0 saturated carbocycles. The smallest absolute Gasteiger partial charge is 0.253 e. The predicted molar refractivity (Wildman–Crippen MR) is 131 cm³/mol. The van der Waals surface area contributed by atoms with Gasteiger partial charge in [0.25, 0.3) is 5.91 Å². The number of benzene rings is 3. The number of carbonyl (C=O) groups excluding carboxylic acids is 3. The van der Waals surface area contributed by atoms with E-state index in [9.17, 15) is 14.4 Å². The Bertz CT molecular complexity index is 1240. The van der Waals surface area contributed by atoms with Gasteiger partial charge in [0.05, 0.1) is 23.7 Å². The van der Waals surface area contributed by atoms with Gasteiger partial charge in [-0.15, -0.1) is 0 Å². The van der Waals surface area contributed by atoms with E-state index in [1.807, 2.05) is 43.3 Å². The van der Waals surface area contributed by atoms with Gasteiger partial charge in [-0.05, 0) is 42.3 Å². The van der Waals surface area contributed by atoms with E-state index < -0.39 is 6.04 Å². The van der Waals surface area contributed by atoms with Crippen LogP contribution in [0.5, 0.6) is 11.5 Å². The maximum atomic E-state index is 12.9. The van der Waals surface area contributed by atoms with Crippen LogP contribution >= 0.6 is 0 Å². The molecule has 180 valence electrons. The SMILES string of the molecule is CC(=O)NC(CC(=O)Nc1ccccc1C(=O)NCc1ccc2c(c1)OCO2)c1ccc(C)cc1. The fourth-order valence-electron chi connectivity index (χ4n) is 3.80. The Kier molecular flexibility index (Phi) is 7.30. The largest absolute Gasteiger partial charge is 0.454 e. The van der Waals surface area contributed by atoms with Gasteiger partial charge in [-0.1, -0.05) is 48.0 Å². The molecule has 0 radical (unpaired) electrons. The number of ether oxygens (including phenoxy) is 2. The Balaban J connectivity index is 1.42. The number of aryl methyl sites for hydroxylation is 1. The van der Waals surface area contributed by atoms with Crippen LogP contribution in [0.2, 0.25) is 0 Å². The molecule has 3 amide bonds. The number of hydrogen-bond acceptors (Lipinski definition) is 5. The minimum absolute atomic E-state index is 0.0236. The van der Waals surface area contributed by atoms with Crippen molar-refractivity contribution < 1.29 is 23.9 Å². The van der Waals surface area contributed by atoms with Gasteiger partial charge in [0, 0.05) is 13.5 Å². The summed E-state index contributed by atoms with van der Waals surface area (Å²) in [7, 11) is 0. The zero-order valence-corrected chi connectivity index (χ0v) is 19.6. The van der Waals surface area contributed by atoms with Crippen molar-refractivity contribution in [3.05, 3.63) is 89.0 Å². The number of nitrogens with one attached hydrogen (secondary N) is 3. The lowest BCUT2D eigenvalue weighted by atomic mass is 10.0. The molecule has 8 nitrogen and oxygen atoms in total. The highest BCUT2D eigenvalue weighted by atomic mass is 16.7. The summed E-state index contributed by atoms with van der Waals surface area (Å²) in [6.45, 7) is 3.86. The van der Waals surface area contributed by atoms with Crippen LogP contribution in [0.25, 0.3) is 0 Å². The van der Waals surface area contributed by atoms with Crippen molar-refractivity contribution in [1.29, 1.82) is 0 Å². The number of hydrogen-bond donors (Lipinski definition) is 3. The molecular formula is C27H27N3O5. The van der Waals surface area contributed by atoms with Crippen LogP contribution in [0.4, 0.5) is 5.69 Å². The summed E-state index contributed by atoms with van der Waals surface area (Å²) < 4.78 is 10.7. The van der Waals surface area contributed by atoms with E-state index in [0.29, 0.717) is 22.7 Å². The molecule has 4 rings (SSSR count). The van der Waals surface area contributed by atoms with Crippen molar-refractivity contribution in [2.75, 3.05) is 12.1 Å². The van der Waals surface area contributed by atoms with Gasteiger partial charge in [0.15, 0.2) is 11.5 Å². The number of amides is 3. The van der Waals surface area contributed by atoms with Crippen LogP contribution in [0, 0.1) is 6.92 Å². The first-order chi connectivity index (χ1) is 16.9. The molecule has 3 aromatic rings. The molecule has 35 heavy (non-hydrogen) atoms. The lowest BCUT2D eigenvalue weighted by Gasteiger charge is -2.19. The van der Waals surface area contributed by atoms with E-state index in [4.69, 9.17) is 9.47 Å². The fraction of sp³-hybridized carbons (Fsp3) is 0.222. The average Bonchev–Trinajstić information content (AvgIpc) is 3.30. The maximum Gasteiger partial charge on any atom is 0.253 e. The van der Waals surface area contributed by atoms with Gasteiger partial charge in [-0.3, -0.25) is 14.4 Å². The van der Waals surface area contributed by atoms with Crippen molar-refractivity contribution in [3.8, 4) is 11.5 Å². The molecule has 8 heteroatoms. The van der Waals surface area contributed by atoms with Crippen LogP contribution < -0.4 is 25.4 Å². The summed E-state index contributed by atoms with van der Waals surface area (Å²) in [5.74, 6) is 0.450. The molecule has 1 atom stereocenters. The van der Waals surface area contributed by atoms with Gasteiger partial charge in [0.2, 0.25) is 18.6 Å². The van der Waals surface area contributed by atoms with Crippen molar-refractivity contribution in [2.45, 2.75) is 32.9 Å². The average molecular weight is 474 g/mol.